The molecule has 0 unspecified atom stereocenters. The van der Waals surface area contributed by atoms with Crippen LogP contribution < -0.4 is 0 Å². The van der Waals surface area contributed by atoms with Gasteiger partial charge in [0.2, 0.25) is 0 Å². The van der Waals surface area contributed by atoms with Gasteiger partial charge < -0.3 is 4.98 Å². The molecule has 7 heteroatoms. The number of hydrogen-bond acceptors (Lipinski definition) is 5. The average Bonchev–Trinajstić information content (AvgIpc) is 3.53. The van der Waals surface area contributed by atoms with Crippen LogP contribution in [0.25, 0.3) is 39.5 Å². The van der Waals surface area contributed by atoms with E-state index < -0.39 is 0 Å². The highest BCUT2D eigenvalue weighted by Gasteiger charge is 2.22. The Morgan fingerprint density at radius 2 is 1.94 bits per heavy atom. The van der Waals surface area contributed by atoms with Crippen molar-refractivity contribution in [3.05, 3.63) is 88.0 Å². The van der Waals surface area contributed by atoms with Gasteiger partial charge in [0.05, 0.1) is 22.6 Å². The summed E-state index contributed by atoms with van der Waals surface area (Å²) in [7, 11) is 0. The Bertz CT molecular complexity index is 1450. The number of rotatable bonds is 3. The van der Waals surface area contributed by atoms with E-state index in [2.05, 4.69) is 56.1 Å². The van der Waals surface area contributed by atoms with Gasteiger partial charge in [0.25, 0.3) is 0 Å². The van der Waals surface area contributed by atoms with E-state index >= 15 is 0 Å². The van der Waals surface area contributed by atoms with Gasteiger partial charge in [0.15, 0.2) is 11.5 Å². The number of imidazole rings is 1. The van der Waals surface area contributed by atoms with Crippen LogP contribution in [0.3, 0.4) is 0 Å². The van der Waals surface area contributed by atoms with Gasteiger partial charge in [-0.05, 0) is 53.6 Å². The van der Waals surface area contributed by atoms with E-state index in [0.717, 1.165) is 51.6 Å². The molecule has 1 aliphatic carbocycles. The van der Waals surface area contributed by atoms with Gasteiger partial charge in [-0.25, -0.2) is 9.97 Å². The first-order chi connectivity index (χ1) is 15.3. The van der Waals surface area contributed by atoms with Crippen molar-refractivity contribution < 1.29 is 0 Å². The molecular weight excluding hydrogens is 404 g/mol. The third-order valence-electron chi connectivity index (χ3n) is 5.42. The maximum atomic E-state index is 4.99. The Hall–Kier alpha value is -3.84. The minimum absolute atomic E-state index is 0.715. The van der Waals surface area contributed by atoms with E-state index in [1.807, 2.05) is 30.3 Å². The second kappa shape index (κ2) is 7.14. The van der Waals surface area contributed by atoms with Crippen molar-refractivity contribution >= 4 is 27.9 Å². The molecule has 31 heavy (non-hydrogen) atoms. The summed E-state index contributed by atoms with van der Waals surface area (Å²) >= 11 is 1.69. The monoisotopic (exact) mass is 422 g/mol. The van der Waals surface area contributed by atoms with Crippen LogP contribution in [0, 0.1) is 0 Å². The highest BCUT2D eigenvalue weighted by Crippen LogP contribution is 2.33. The molecule has 5 aromatic rings. The van der Waals surface area contributed by atoms with Crippen LogP contribution in [-0.2, 0) is 6.42 Å². The van der Waals surface area contributed by atoms with Crippen LogP contribution in [-0.4, -0.2) is 30.1 Å². The predicted octanol–water partition coefficient (Wildman–Crippen LogP) is 5.41. The van der Waals surface area contributed by atoms with Crippen molar-refractivity contribution in [2.24, 2.45) is 0 Å². The van der Waals surface area contributed by atoms with E-state index in [-0.39, 0.29) is 0 Å². The largest absolute Gasteiger partial charge is 0.340 e. The molecule has 0 aliphatic heterocycles. The maximum absolute atomic E-state index is 4.99. The van der Waals surface area contributed by atoms with E-state index in [4.69, 9.17) is 9.97 Å². The summed E-state index contributed by atoms with van der Waals surface area (Å²) in [5, 5.41) is 11.9. The molecule has 1 aliphatic rings. The van der Waals surface area contributed by atoms with E-state index in [1.54, 1.807) is 17.5 Å². The highest BCUT2D eigenvalue weighted by molar-refractivity contribution is 7.08. The first-order valence-electron chi connectivity index (χ1n) is 10.0. The lowest BCUT2D eigenvalue weighted by Crippen LogP contribution is -1.92. The van der Waals surface area contributed by atoms with Gasteiger partial charge in [0.1, 0.15) is 5.52 Å². The van der Waals surface area contributed by atoms with Crippen LogP contribution in [0.4, 0.5) is 0 Å². The van der Waals surface area contributed by atoms with Crippen molar-refractivity contribution in [1.29, 1.82) is 0 Å². The van der Waals surface area contributed by atoms with Crippen molar-refractivity contribution in [2.45, 2.75) is 13.3 Å². The molecule has 0 amide bonds. The third-order valence-corrected chi connectivity index (χ3v) is 6.10. The molecule has 6 nitrogen and oxygen atoms in total. The Labute approximate surface area is 182 Å². The standard InChI is InChI=1S/C24H18N6S/c1-14-5-6-16(15-9-11-31-13-15)21-20(12-14)27-24(28-21)23-22-19(29-30-23)8-7-18(26-22)17-4-2-3-10-25-17/h2-11,13H,12H2,1H3,(H,27,28)(H,29,30). The number of H-pyrrole nitrogens is 2. The average molecular weight is 423 g/mol. The summed E-state index contributed by atoms with van der Waals surface area (Å²) in [6, 6.07) is 11.9. The number of hydrogen-bond donors (Lipinski definition) is 2. The Morgan fingerprint density at radius 3 is 2.77 bits per heavy atom. The molecule has 0 saturated carbocycles. The van der Waals surface area contributed by atoms with Crippen molar-refractivity contribution in [3.63, 3.8) is 0 Å². The number of thiophene rings is 1. The molecule has 0 spiro atoms. The lowest BCUT2D eigenvalue weighted by atomic mass is 10.0. The number of nitrogens with zero attached hydrogens (tertiary/aromatic N) is 4. The molecule has 0 fully saturated rings. The maximum Gasteiger partial charge on any atom is 0.161 e. The Morgan fingerprint density at radius 1 is 0.968 bits per heavy atom. The van der Waals surface area contributed by atoms with Crippen molar-refractivity contribution in [3.8, 4) is 22.9 Å². The van der Waals surface area contributed by atoms with Crippen LogP contribution in [0.5, 0.6) is 0 Å². The number of aromatic amines is 2. The van der Waals surface area contributed by atoms with Gasteiger partial charge >= 0.3 is 0 Å². The molecule has 0 radical (unpaired) electrons. The fourth-order valence-electron chi connectivity index (χ4n) is 3.89. The predicted molar refractivity (Wildman–Crippen MR) is 124 cm³/mol. The fourth-order valence-corrected chi connectivity index (χ4v) is 4.54. The first-order valence-corrected chi connectivity index (χ1v) is 11.0. The minimum Gasteiger partial charge on any atom is -0.340 e. The zero-order valence-electron chi connectivity index (χ0n) is 16.8. The summed E-state index contributed by atoms with van der Waals surface area (Å²) in [4.78, 5) is 17.8. The molecule has 5 aromatic heterocycles. The smallest absolute Gasteiger partial charge is 0.161 e. The summed E-state index contributed by atoms with van der Waals surface area (Å²) in [5.41, 5.74) is 9.64. The molecule has 5 heterocycles. The summed E-state index contributed by atoms with van der Waals surface area (Å²) in [5.74, 6) is 0.720. The van der Waals surface area contributed by atoms with Crippen LogP contribution >= 0.6 is 11.3 Å². The number of allylic oxidation sites excluding steroid dienone is 3. The number of fused-ring (bicyclic) bond motifs is 2. The molecular formula is C24H18N6S. The lowest BCUT2D eigenvalue weighted by Gasteiger charge is -2.02. The van der Waals surface area contributed by atoms with E-state index in [1.165, 1.54) is 11.1 Å². The highest BCUT2D eigenvalue weighted by atomic mass is 32.1. The Kier molecular flexibility index (Phi) is 4.14. The number of aromatic nitrogens is 6. The first kappa shape index (κ1) is 18.0. The van der Waals surface area contributed by atoms with Crippen molar-refractivity contribution in [2.75, 3.05) is 0 Å². The van der Waals surface area contributed by atoms with Crippen LogP contribution in [0.2, 0.25) is 0 Å². The molecule has 0 bridgehead atoms. The van der Waals surface area contributed by atoms with E-state index in [9.17, 15) is 0 Å². The zero-order chi connectivity index (χ0) is 20.8. The molecule has 6 rings (SSSR count). The van der Waals surface area contributed by atoms with Crippen molar-refractivity contribution in [1.82, 2.24) is 30.1 Å². The number of nitrogens with one attached hydrogen (secondary N) is 2. The van der Waals surface area contributed by atoms with Crippen LogP contribution in [0.15, 0.2) is 71.1 Å². The summed E-state index contributed by atoms with van der Waals surface area (Å²) < 4.78 is 0. The third kappa shape index (κ3) is 3.10. The van der Waals surface area contributed by atoms with Gasteiger partial charge in [0, 0.05) is 23.9 Å². The quantitative estimate of drug-likeness (QED) is 0.407. The zero-order valence-corrected chi connectivity index (χ0v) is 17.6. The van der Waals surface area contributed by atoms with Gasteiger partial charge in [-0.2, -0.15) is 16.4 Å². The Balaban J connectivity index is 1.49. The minimum atomic E-state index is 0.715. The van der Waals surface area contributed by atoms with Gasteiger partial charge in [-0.1, -0.05) is 23.8 Å². The normalized spacial score (nSPS) is 13.6. The molecule has 0 atom stereocenters. The molecule has 0 saturated heterocycles. The summed E-state index contributed by atoms with van der Waals surface area (Å²) in [6.07, 6.45) is 6.93. The molecule has 0 aromatic carbocycles. The van der Waals surface area contributed by atoms with Gasteiger partial charge in [-0.15, -0.1) is 0 Å². The SMILES string of the molecule is CC1=CC=C(c2ccsc2)c2nc(-c3n[nH]c4ccc(-c5ccccn5)nc34)[nH]c2C1. The topological polar surface area (TPSA) is 83.1 Å². The second-order valence-electron chi connectivity index (χ2n) is 7.57. The fraction of sp³-hybridized carbons (Fsp3) is 0.0833. The molecule has 2 N–H and O–H groups in total. The summed E-state index contributed by atoms with van der Waals surface area (Å²) in [6.45, 7) is 2.14. The van der Waals surface area contributed by atoms with Gasteiger partial charge in [-0.3, -0.25) is 10.1 Å². The second-order valence-corrected chi connectivity index (χ2v) is 8.35. The lowest BCUT2D eigenvalue weighted by molar-refractivity contribution is 1.06. The van der Waals surface area contributed by atoms with E-state index in [0.29, 0.717) is 5.69 Å². The number of pyridine rings is 2. The van der Waals surface area contributed by atoms with Crippen LogP contribution in [0.1, 0.15) is 23.9 Å². The molecule has 150 valence electrons.